The third-order valence-corrected chi connectivity index (χ3v) is 18.3. The van der Waals surface area contributed by atoms with Crippen LogP contribution >= 0.6 is 0 Å². The van der Waals surface area contributed by atoms with Gasteiger partial charge in [-0.25, -0.2) is 0 Å². The molecule has 11 nitrogen and oxygen atoms in total. The lowest BCUT2D eigenvalue weighted by Crippen LogP contribution is -2.60. The number of nitrogens with one attached hydrogen (secondary N) is 1. The fourth-order valence-electron chi connectivity index (χ4n) is 12.2. The Balaban J connectivity index is 1.91. The molecule has 0 aromatic rings. The second-order valence-corrected chi connectivity index (χ2v) is 27.1. The van der Waals surface area contributed by atoms with Gasteiger partial charge in [-0.2, -0.15) is 0 Å². The summed E-state index contributed by atoms with van der Waals surface area (Å²) in [4.78, 5) is 25.1. The van der Waals surface area contributed by atoms with Crippen molar-refractivity contribution in [2.75, 3.05) is 19.8 Å². The number of ether oxygens (including phenoxy) is 3. The number of rotatable bonds is 69. The average Bonchev–Trinajstić information content (AvgIpc) is 1.30. The molecule has 0 saturated carbocycles. The summed E-state index contributed by atoms with van der Waals surface area (Å²) in [6, 6.07) is -0.808. The number of aliphatic hydroxyl groups excluding tert-OH is 5. The maximum Gasteiger partial charge on any atom is 0.305 e. The largest absolute Gasteiger partial charge is 0.466 e. The quantitative estimate of drug-likeness (QED) is 0.0195. The van der Waals surface area contributed by atoms with Crippen molar-refractivity contribution in [3.8, 4) is 0 Å². The summed E-state index contributed by atoms with van der Waals surface area (Å²) < 4.78 is 16.8. The van der Waals surface area contributed by atoms with E-state index >= 15 is 0 Å². The standard InChI is InChI=1S/C80H147NO10/c1-3-5-7-9-11-13-15-17-44-48-52-56-60-64-68-76(85)89-69-65-61-57-53-49-45-42-40-38-36-34-32-30-28-26-24-22-20-18-19-21-23-25-27-29-31-33-35-37-39-41-43-47-51-55-59-63-67-75(84)81-72(71-90-80-79(88)78(87)77(86)74(70-82)91-80)73(83)66-62-58-54-50-46-16-14-12-10-8-6-4-2/h9,11,15,17-18,20,24,26,62,66,72-74,77-80,82-83,86-88H,3-8,10,12-14,16,19,21-23,25,27-61,63-65,67-71H2,1-2H3,(H,81,84)/b11-9-,17-15-,20-18-,26-24-,66-62+. The molecule has 0 aromatic heterocycles. The Morgan fingerprint density at radius 3 is 1.14 bits per heavy atom. The molecule has 532 valence electrons. The Kier molecular flexibility index (Phi) is 65.2. The fourth-order valence-corrected chi connectivity index (χ4v) is 12.2. The molecule has 7 atom stereocenters. The summed E-state index contributed by atoms with van der Waals surface area (Å²) in [5.74, 6) is -0.180. The molecule has 0 radical (unpaired) electrons. The van der Waals surface area contributed by atoms with Crippen LogP contribution in [0.15, 0.2) is 60.8 Å². The van der Waals surface area contributed by atoms with Crippen molar-refractivity contribution >= 4 is 11.9 Å². The topological polar surface area (TPSA) is 175 Å². The number of carbonyl (C=O) groups excluding carboxylic acids is 2. The van der Waals surface area contributed by atoms with Gasteiger partial charge >= 0.3 is 5.97 Å². The monoisotopic (exact) mass is 1280 g/mol. The van der Waals surface area contributed by atoms with E-state index in [1.54, 1.807) is 6.08 Å². The average molecular weight is 1280 g/mol. The minimum Gasteiger partial charge on any atom is -0.466 e. The summed E-state index contributed by atoms with van der Waals surface area (Å²) in [5.41, 5.74) is 0. The van der Waals surface area contributed by atoms with Crippen molar-refractivity contribution in [2.45, 2.75) is 416 Å². The van der Waals surface area contributed by atoms with Gasteiger partial charge in [-0.15, -0.1) is 0 Å². The van der Waals surface area contributed by atoms with Crippen LogP contribution in [-0.4, -0.2) is 100 Å². The van der Waals surface area contributed by atoms with E-state index in [9.17, 15) is 35.1 Å². The lowest BCUT2D eigenvalue weighted by Gasteiger charge is -2.40. The molecule has 0 bridgehead atoms. The maximum atomic E-state index is 13.1. The molecular formula is C80H147NO10. The number of esters is 1. The first kappa shape index (κ1) is 86.4. The predicted molar refractivity (Wildman–Crippen MR) is 384 cm³/mol. The van der Waals surface area contributed by atoms with Gasteiger partial charge in [0.1, 0.15) is 24.4 Å². The molecule has 7 unspecified atom stereocenters. The van der Waals surface area contributed by atoms with Crippen LogP contribution < -0.4 is 5.32 Å². The van der Waals surface area contributed by atoms with Gasteiger partial charge in [0.2, 0.25) is 5.91 Å². The summed E-state index contributed by atoms with van der Waals surface area (Å²) >= 11 is 0. The van der Waals surface area contributed by atoms with Crippen LogP contribution in [0, 0.1) is 0 Å². The maximum absolute atomic E-state index is 13.1. The van der Waals surface area contributed by atoms with Gasteiger partial charge in [-0.1, -0.05) is 331 Å². The first-order valence-electron chi connectivity index (χ1n) is 39.1. The van der Waals surface area contributed by atoms with Crippen LogP contribution in [0.4, 0.5) is 0 Å². The van der Waals surface area contributed by atoms with Crippen LogP contribution in [0.3, 0.4) is 0 Å². The highest BCUT2D eigenvalue weighted by molar-refractivity contribution is 5.76. The second-order valence-electron chi connectivity index (χ2n) is 27.1. The first-order chi connectivity index (χ1) is 44.7. The molecule has 6 N–H and O–H groups in total. The van der Waals surface area contributed by atoms with Gasteiger partial charge in [0, 0.05) is 12.8 Å². The molecular weight excluding hydrogens is 1130 g/mol. The van der Waals surface area contributed by atoms with Gasteiger partial charge in [0.15, 0.2) is 6.29 Å². The molecule has 1 rings (SSSR count). The number of aliphatic hydroxyl groups is 5. The zero-order chi connectivity index (χ0) is 65.8. The lowest BCUT2D eigenvalue weighted by molar-refractivity contribution is -0.302. The van der Waals surface area contributed by atoms with E-state index in [-0.39, 0.29) is 18.5 Å². The molecule has 11 heteroatoms. The van der Waals surface area contributed by atoms with Crippen molar-refractivity contribution in [1.29, 1.82) is 0 Å². The predicted octanol–water partition coefficient (Wildman–Crippen LogP) is 20.9. The van der Waals surface area contributed by atoms with Crippen molar-refractivity contribution < 1.29 is 49.3 Å². The Morgan fingerprint density at radius 1 is 0.407 bits per heavy atom. The smallest absolute Gasteiger partial charge is 0.305 e. The third kappa shape index (κ3) is 57.3. The number of unbranched alkanes of at least 4 members (excludes halogenated alkanes) is 47. The number of hydrogen-bond donors (Lipinski definition) is 6. The molecule has 1 aliphatic rings. The van der Waals surface area contributed by atoms with Crippen LogP contribution in [-0.2, 0) is 23.8 Å². The fraction of sp³-hybridized carbons (Fsp3) is 0.850. The zero-order valence-corrected chi connectivity index (χ0v) is 59.3. The van der Waals surface area contributed by atoms with Gasteiger partial charge in [-0.3, -0.25) is 9.59 Å². The van der Waals surface area contributed by atoms with E-state index < -0.39 is 49.5 Å². The second kappa shape index (κ2) is 68.7. The van der Waals surface area contributed by atoms with Gasteiger partial charge < -0.3 is 45.1 Å². The molecule has 91 heavy (non-hydrogen) atoms. The Hall–Kier alpha value is -2.64. The van der Waals surface area contributed by atoms with E-state index in [1.807, 2.05) is 6.08 Å². The van der Waals surface area contributed by atoms with E-state index in [4.69, 9.17) is 14.2 Å². The minimum absolute atomic E-state index is 0.00212. The Labute approximate surface area is 560 Å². The van der Waals surface area contributed by atoms with Crippen molar-refractivity contribution in [3.05, 3.63) is 60.8 Å². The highest BCUT2D eigenvalue weighted by Crippen LogP contribution is 2.24. The summed E-state index contributed by atoms with van der Waals surface area (Å²) in [6.45, 7) is 4.33. The van der Waals surface area contributed by atoms with Gasteiger partial charge in [-0.05, 0) is 89.9 Å². The number of amides is 1. The van der Waals surface area contributed by atoms with Gasteiger partial charge in [0.25, 0.3) is 0 Å². The molecule has 1 fully saturated rings. The summed E-state index contributed by atoms with van der Waals surface area (Å²) in [5, 5.41) is 54.5. The number of carbonyl (C=O) groups is 2. The van der Waals surface area contributed by atoms with E-state index in [2.05, 4.69) is 67.8 Å². The van der Waals surface area contributed by atoms with Crippen molar-refractivity contribution in [3.63, 3.8) is 0 Å². The normalized spacial score (nSPS) is 17.9. The van der Waals surface area contributed by atoms with E-state index in [1.165, 1.54) is 276 Å². The van der Waals surface area contributed by atoms with Crippen LogP contribution in [0.5, 0.6) is 0 Å². The molecule has 1 heterocycles. The number of allylic oxidation sites excluding steroid dienone is 9. The highest BCUT2D eigenvalue weighted by Gasteiger charge is 2.44. The third-order valence-electron chi connectivity index (χ3n) is 18.3. The molecule has 0 aliphatic carbocycles. The molecule has 0 spiro atoms. The number of hydrogen-bond acceptors (Lipinski definition) is 10. The Morgan fingerprint density at radius 2 is 0.747 bits per heavy atom. The van der Waals surface area contributed by atoms with Gasteiger partial charge in [0.05, 0.1) is 32.0 Å². The van der Waals surface area contributed by atoms with E-state index in [0.29, 0.717) is 19.4 Å². The van der Waals surface area contributed by atoms with Crippen molar-refractivity contribution in [2.24, 2.45) is 0 Å². The molecule has 1 amide bonds. The SMILES string of the molecule is CCCC/C=C\C/C=C\CCCCCCCC(=O)OCCCCCCCCCCCCCCC/C=C\C/C=C\CCCCCCCCCCCCCCCCCCCC(=O)NC(COC1OC(CO)C(O)C(O)C1O)C(O)/C=C/CCCCCCCCCCCC. The summed E-state index contributed by atoms with van der Waals surface area (Å²) in [6.07, 6.45) is 82.4. The summed E-state index contributed by atoms with van der Waals surface area (Å²) in [7, 11) is 0. The molecule has 1 saturated heterocycles. The van der Waals surface area contributed by atoms with Crippen molar-refractivity contribution in [1.82, 2.24) is 5.32 Å². The molecule has 1 aliphatic heterocycles. The molecule has 0 aromatic carbocycles. The Bertz CT molecular complexity index is 1700. The minimum atomic E-state index is -1.57. The first-order valence-corrected chi connectivity index (χ1v) is 39.1. The lowest BCUT2D eigenvalue weighted by atomic mass is 9.99. The van der Waals surface area contributed by atoms with Crippen LogP contribution in [0.25, 0.3) is 0 Å². The highest BCUT2D eigenvalue weighted by atomic mass is 16.7. The van der Waals surface area contributed by atoms with Crippen LogP contribution in [0.2, 0.25) is 0 Å². The van der Waals surface area contributed by atoms with Crippen LogP contribution in [0.1, 0.15) is 373 Å². The zero-order valence-electron chi connectivity index (χ0n) is 59.3. The van der Waals surface area contributed by atoms with E-state index in [0.717, 1.165) is 70.6 Å².